The first-order valence-electron chi connectivity index (χ1n) is 13.6. The predicted octanol–water partition coefficient (Wildman–Crippen LogP) is 4.97. The van der Waals surface area contributed by atoms with Crippen LogP contribution in [-0.2, 0) is 30.5 Å². The smallest absolute Gasteiger partial charge is 0.355 e. The van der Waals surface area contributed by atoms with Gasteiger partial charge in [0, 0.05) is 52.3 Å². The highest BCUT2D eigenvalue weighted by atomic mass is 79.9. The van der Waals surface area contributed by atoms with E-state index in [2.05, 4.69) is 31.6 Å². The Morgan fingerprint density at radius 2 is 1.84 bits per heavy atom. The first kappa shape index (κ1) is 33.8. The summed E-state index contributed by atoms with van der Waals surface area (Å²) in [7, 11) is 1.57. The molecule has 0 bridgehead atoms. The second-order valence-electron chi connectivity index (χ2n) is 9.96. The van der Waals surface area contributed by atoms with Crippen LogP contribution >= 0.6 is 39.1 Å². The highest BCUT2D eigenvalue weighted by Crippen LogP contribution is 2.41. The van der Waals surface area contributed by atoms with Gasteiger partial charge < -0.3 is 26.0 Å². The van der Waals surface area contributed by atoms with Crippen molar-refractivity contribution < 1.29 is 28.4 Å². The van der Waals surface area contributed by atoms with Crippen molar-refractivity contribution in [1.29, 1.82) is 0 Å². The average Bonchev–Trinajstić information content (AvgIpc) is 3.29. The van der Waals surface area contributed by atoms with Gasteiger partial charge in [-0.05, 0) is 55.0 Å². The van der Waals surface area contributed by atoms with E-state index < -0.39 is 0 Å². The minimum absolute atomic E-state index is 0.0662. The number of nitrogens with two attached hydrogens (primary N) is 1. The standard InChI is InChI=1S/C31H29BrCl2N6O5/c1-18-30(32)40(28(44)13-8-20-6-9-21(10-7-20)38-26(42)16-36-19(2)41)14-4-5-25(31(40)37-18)45-17-22-23(33)11-12-24(29(22)34)39(3)27(43)15-35/h4-14H,15-17,35H2,1-3H3,(H-,36,38,41,42,44)/p+1. The van der Waals surface area contributed by atoms with Crippen molar-refractivity contribution in [2.24, 2.45) is 10.7 Å². The molecule has 0 spiro atoms. The number of nitrogens with one attached hydrogen (secondary N) is 2. The van der Waals surface area contributed by atoms with Crippen molar-refractivity contribution in [2.75, 3.05) is 30.4 Å². The van der Waals surface area contributed by atoms with Gasteiger partial charge in [0.1, 0.15) is 18.5 Å². The number of allylic oxidation sites excluding steroid dienone is 3. The van der Waals surface area contributed by atoms with Crippen LogP contribution in [0.2, 0.25) is 10.0 Å². The zero-order chi connectivity index (χ0) is 32.9. The molecule has 2 aromatic rings. The van der Waals surface area contributed by atoms with Gasteiger partial charge in [-0.15, -0.1) is 4.48 Å². The van der Waals surface area contributed by atoms with E-state index in [4.69, 9.17) is 33.7 Å². The summed E-state index contributed by atoms with van der Waals surface area (Å²) >= 11 is 16.7. The molecule has 45 heavy (non-hydrogen) atoms. The summed E-state index contributed by atoms with van der Waals surface area (Å²) in [5, 5.41) is 5.70. The van der Waals surface area contributed by atoms with Crippen LogP contribution in [0.4, 0.5) is 11.4 Å². The average molecular weight is 717 g/mol. The Balaban J connectivity index is 1.51. The van der Waals surface area contributed by atoms with E-state index in [-0.39, 0.29) is 52.8 Å². The van der Waals surface area contributed by atoms with Gasteiger partial charge in [0.2, 0.25) is 28.1 Å². The van der Waals surface area contributed by atoms with Crippen molar-refractivity contribution in [3.05, 3.63) is 98.1 Å². The second-order valence-corrected chi connectivity index (χ2v) is 11.5. The molecule has 234 valence electrons. The van der Waals surface area contributed by atoms with Crippen molar-refractivity contribution in [3.63, 3.8) is 0 Å². The number of amides is 4. The predicted molar refractivity (Wildman–Crippen MR) is 178 cm³/mol. The molecule has 2 aromatic carbocycles. The molecular weight excluding hydrogens is 687 g/mol. The van der Waals surface area contributed by atoms with Crippen LogP contribution in [-0.4, -0.2) is 54.1 Å². The minimum atomic E-state index is -0.374. The lowest BCUT2D eigenvalue weighted by atomic mass is 10.1. The molecule has 4 amide bonds. The Bertz CT molecular complexity index is 1720. The third-order valence-corrected chi connectivity index (χ3v) is 8.81. The van der Waals surface area contributed by atoms with E-state index >= 15 is 0 Å². The molecule has 1 atom stereocenters. The number of benzene rings is 2. The number of anilines is 2. The monoisotopic (exact) mass is 715 g/mol. The SMILES string of the molecule is CC(=O)NCC(=O)Nc1ccc(C=CC(=O)[N+]23C=CC=C(OCc4c(Cl)ccc(N(C)C(=O)CN)c4Cl)C2=NC(C)=C3Br)cc1. The zero-order valence-electron chi connectivity index (χ0n) is 24.6. The van der Waals surface area contributed by atoms with Crippen LogP contribution < -0.4 is 21.3 Å². The molecular formula is C31H30BrCl2N6O5+. The lowest BCUT2D eigenvalue weighted by Crippen LogP contribution is -2.50. The molecule has 11 nitrogen and oxygen atoms in total. The number of hydrogen-bond donors (Lipinski definition) is 3. The fourth-order valence-corrected chi connectivity index (χ4v) is 5.64. The number of quaternary nitrogens is 1. The van der Waals surface area contributed by atoms with Gasteiger partial charge in [0.25, 0.3) is 5.84 Å². The summed E-state index contributed by atoms with van der Waals surface area (Å²) in [5.41, 5.74) is 8.23. The van der Waals surface area contributed by atoms with Crippen LogP contribution in [0, 0.1) is 0 Å². The zero-order valence-corrected chi connectivity index (χ0v) is 27.7. The van der Waals surface area contributed by atoms with Gasteiger partial charge >= 0.3 is 5.91 Å². The van der Waals surface area contributed by atoms with Crippen molar-refractivity contribution in [3.8, 4) is 0 Å². The molecule has 0 aromatic heterocycles. The van der Waals surface area contributed by atoms with E-state index in [1.165, 1.54) is 17.9 Å². The number of carbonyl (C=O) groups is 4. The molecule has 14 heteroatoms. The van der Waals surface area contributed by atoms with Gasteiger partial charge in [0.05, 0.1) is 23.8 Å². The summed E-state index contributed by atoms with van der Waals surface area (Å²) in [6.45, 7) is 2.72. The molecule has 1 unspecified atom stereocenters. The lowest BCUT2D eigenvalue weighted by Gasteiger charge is -2.29. The van der Waals surface area contributed by atoms with Gasteiger partial charge in [-0.2, -0.15) is 4.99 Å². The summed E-state index contributed by atoms with van der Waals surface area (Å²) in [4.78, 5) is 55.0. The molecule has 0 saturated carbocycles. The van der Waals surface area contributed by atoms with E-state index in [9.17, 15) is 19.2 Å². The molecule has 0 saturated heterocycles. The molecule has 2 aliphatic rings. The number of aliphatic imine (C=N–C) groups is 1. The highest BCUT2D eigenvalue weighted by molar-refractivity contribution is 9.11. The molecule has 2 aliphatic heterocycles. The summed E-state index contributed by atoms with van der Waals surface area (Å²) < 4.78 is 6.31. The number of rotatable bonds is 10. The van der Waals surface area contributed by atoms with Crippen LogP contribution in [0.15, 0.2) is 81.9 Å². The van der Waals surface area contributed by atoms with E-state index in [0.717, 1.165) is 0 Å². The molecule has 0 radical (unpaired) electrons. The van der Waals surface area contributed by atoms with Crippen molar-refractivity contribution >= 4 is 86.0 Å². The van der Waals surface area contributed by atoms with Crippen LogP contribution in [0.5, 0.6) is 0 Å². The van der Waals surface area contributed by atoms with Gasteiger partial charge in [-0.25, -0.2) is 4.79 Å². The number of hydrogen-bond acceptors (Lipinski definition) is 7. The Morgan fingerprint density at radius 3 is 2.51 bits per heavy atom. The molecule has 4 N–H and O–H groups in total. The second kappa shape index (κ2) is 14.4. The topological polar surface area (TPSA) is 143 Å². The summed E-state index contributed by atoms with van der Waals surface area (Å²) in [6.07, 6.45) is 8.18. The lowest BCUT2D eigenvalue weighted by molar-refractivity contribution is -0.647. The minimum Gasteiger partial charge on any atom is -0.481 e. The first-order chi connectivity index (χ1) is 21.4. The maximum absolute atomic E-state index is 13.8. The van der Waals surface area contributed by atoms with Crippen LogP contribution in [0.3, 0.4) is 0 Å². The number of likely N-dealkylation sites (N-methyl/N-ethyl adjacent to an activating group) is 1. The van der Waals surface area contributed by atoms with Crippen LogP contribution in [0.1, 0.15) is 25.0 Å². The number of ether oxygens (including phenoxy) is 1. The number of nitrogens with zero attached hydrogens (tertiary/aromatic N) is 3. The van der Waals surface area contributed by atoms with Gasteiger partial charge in [0.15, 0.2) is 0 Å². The van der Waals surface area contributed by atoms with E-state index in [0.29, 0.717) is 49.4 Å². The Labute approximate surface area is 278 Å². The Hall–Kier alpha value is -4.07. The Kier molecular flexibility index (Phi) is 10.8. The highest BCUT2D eigenvalue weighted by Gasteiger charge is 2.51. The number of carbonyl (C=O) groups excluding carboxylic acids is 4. The van der Waals surface area contributed by atoms with Gasteiger partial charge in [-0.1, -0.05) is 35.3 Å². The molecule has 0 fully saturated rings. The van der Waals surface area contributed by atoms with Gasteiger partial charge in [-0.3, -0.25) is 14.4 Å². The van der Waals surface area contributed by atoms with Crippen LogP contribution in [0.25, 0.3) is 6.08 Å². The maximum Gasteiger partial charge on any atom is 0.355 e. The third kappa shape index (κ3) is 7.26. The van der Waals surface area contributed by atoms with Crippen molar-refractivity contribution in [1.82, 2.24) is 5.32 Å². The molecule has 4 rings (SSSR count). The number of fused-ring (bicyclic) bond motifs is 1. The van der Waals surface area contributed by atoms with E-state index in [1.54, 1.807) is 74.8 Å². The van der Waals surface area contributed by atoms with Crippen molar-refractivity contribution in [2.45, 2.75) is 20.5 Å². The number of amidine groups is 1. The quantitative estimate of drug-likeness (QED) is 0.180. The number of halogens is 3. The normalized spacial score (nSPS) is 17.0. The summed E-state index contributed by atoms with van der Waals surface area (Å²) in [5.74, 6) is -0.638. The fourth-order valence-electron chi connectivity index (χ4n) is 4.49. The first-order valence-corrected chi connectivity index (χ1v) is 15.1. The molecule has 2 heterocycles. The summed E-state index contributed by atoms with van der Waals surface area (Å²) in [6, 6.07) is 10.1. The molecule has 0 aliphatic carbocycles. The third-order valence-electron chi connectivity index (χ3n) is 6.90. The van der Waals surface area contributed by atoms with E-state index in [1.807, 2.05) is 0 Å². The Morgan fingerprint density at radius 1 is 1.13 bits per heavy atom. The fraction of sp³-hybridized carbons (Fsp3) is 0.194. The largest absolute Gasteiger partial charge is 0.481 e. The maximum atomic E-state index is 13.8.